The number of imide groups is 1. The predicted molar refractivity (Wildman–Crippen MR) is 99.2 cm³/mol. The van der Waals surface area contributed by atoms with Crippen LogP contribution in [-0.4, -0.2) is 45.0 Å². The zero-order valence-corrected chi connectivity index (χ0v) is 16.5. The van der Waals surface area contributed by atoms with Crippen LogP contribution in [0.25, 0.3) is 10.4 Å². The van der Waals surface area contributed by atoms with Gasteiger partial charge in [-0.15, -0.1) is 0 Å². The van der Waals surface area contributed by atoms with Gasteiger partial charge in [0.2, 0.25) is 0 Å². The van der Waals surface area contributed by atoms with Crippen molar-refractivity contribution in [1.29, 1.82) is 0 Å². The molecule has 0 spiro atoms. The van der Waals surface area contributed by atoms with Crippen molar-refractivity contribution < 1.29 is 31.9 Å². The summed E-state index contributed by atoms with van der Waals surface area (Å²) in [4.78, 5) is 53.8. The van der Waals surface area contributed by atoms with Crippen molar-refractivity contribution in [3.8, 4) is 0 Å². The van der Waals surface area contributed by atoms with Crippen molar-refractivity contribution in [2.45, 2.75) is 31.7 Å². The number of H-pyrrole nitrogens is 1. The Morgan fingerprint density at radius 3 is 2.21 bits per heavy atom. The molecule has 4 rings (SSSR count). The fraction of sp³-hybridized carbons (Fsp3) is 0.333. The average molecular weight is 468 g/mol. The van der Waals surface area contributed by atoms with Gasteiger partial charge in [-0.3, -0.25) is 28.8 Å². The number of amides is 2. The molecule has 0 bridgehead atoms. The number of aromatic nitrogens is 2. The molecule has 2 aliphatic heterocycles. The van der Waals surface area contributed by atoms with Crippen LogP contribution in [0, 0.1) is 30.2 Å². The summed E-state index contributed by atoms with van der Waals surface area (Å²) in [6, 6.07) is -1.05. The lowest BCUT2D eigenvalue weighted by Crippen LogP contribution is -2.40. The molecule has 2 aliphatic rings. The average Bonchev–Trinajstić information content (AvgIpc) is 3.27. The summed E-state index contributed by atoms with van der Waals surface area (Å²) < 4.78 is 62.0. The molecule has 0 saturated carbocycles. The molecule has 0 radical (unpaired) electrons. The summed E-state index contributed by atoms with van der Waals surface area (Å²) in [7, 11) is 0. The molecule has 33 heavy (non-hydrogen) atoms. The van der Waals surface area contributed by atoms with Gasteiger partial charge >= 0.3 is 5.69 Å². The number of fused-ring (bicyclic) bond motifs is 1. The number of benzene rings is 1. The highest BCUT2D eigenvalue weighted by atomic mass is 19.2. The monoisotopic (exact) mass is 468 g/mol. The number of aryl methyl sites for hydroxylation is 1. The Hall–Kier alpha value is -3.97. The van der Waals surface area contributed by atoms with E-state index in [1.54, 1.807) is 0 Å². The Balaban J connectivity index is 1.67. The van der Waals surface area contributed by atoms with Crippen LogP contribution < -0.4 is 11.2 Å². The highest BCUT2D eigenvalue weighted by Gasteiger charge is 2.47. The van der Waals surface area contributed by atoms with E-state index < -0.39 is 82.4 Å². The van der Waals surface area contributed by atoms with Crippen molar-refractivity contribution in [3.63, 3.8) is 0 Å². The maximum Gasteiger partial charge on any atom is 0.330 e. The van der Waals surface area contributed by atoms with Crippen LogP contribution in [-0.2, 0) is 4.74 Å². The minimum atomic E-state index is -2.24. The van der Waals surface area contributed by atoms with E-state index in [2.05, 4.69) is 15.0 Å². The summed E-state index contributed by atoms with van der Waals surface area (Å²) in [5, 5.41) is 3.51. The SMILES string of the molecule is Cc1cn([C@H]2C[C@H](N=[N+]=[N-])[C@@H](CN3C(=O)c4c(F)c(F)c(F)c(F)c4C3=O)O2)c(=O)[nH]c1=O. The first-order chi connectivity index (χ1) is 15.6. The fourth-order valence-corrected chi connectivity index (χ4v) is 3.78. The number of hydrogen-bond donors (Lipinski definition) is 1. The Bertz CT molecular complexity index is 1330. The van der Waals surface area contributed by atoms with Gasteiger partial charge in [-0.05, 0) is 12.5 Å². The molecule has 2 amide bonds. The number of nitrogens with one attached hydrogen (secondary N) is 1. The summed E-state index contributed by atoms with van der Waals surface area (Å²) in [6.07, 6.45) is -1.25. The molecule has 1 aromatic carbocycles. The van der Waals surface area contributed by atoms with E-state index in [9.17, 15) is 36.7 Å². The molecular formula is C18H12F4N6O5. The molecule has 1 saturated heterocycles. The van der Waals surface area contributed by atoms with Crippen LogP contribution in [0.15, 0.2) is 20.9 Å². The molecule has 2 aromatic rings. The molecular weight excluding hydrogens is 456 g/mol. The van der Waals surface area contributed by atoms with Crippen LogP contribution in [0.3, 0.4) is 0 Å². The van der Waals surface area contributed by atoms with E-state index in [-0.39, 0.29) is 12.0 Å². The first-order valence-corrected chi connectivity index (χ1v) is 9.30. The molecule has 1 N–H and O–H groups in total. The smallest absolute Gasteiger partial charge is 0.330 e. The largest absolute Gasteiger partial charge is 0.352 e. The number of carbonyl (C=O) groups is 2. The van der Waals surface area contributed by atoms with Gasteiger partial charge in [-0.1, -0.05) is 5.11 Å². The summed E-state index contributed by atoms with van der Waals surface area (Å²) >= 11 is 0. The Morgan fingerprint density at radius 2 is 1.67 bits per heavy atom. The maximum absolute atomic E-state index is 14.1. The summed E-state index contributed by atoms with van der Waals surface area (Å²) in [6.45, 7) is 0.720. The predicted octanol–water partition coefficient (Wildman–Crippen LogP) is 1.66. The van der Waals surface area contributed by atoms with Gasteiger partial charge in [-0.2, -0.15) is 0 Å². The molecule has 11 nitrogen and oxygen atoms in total. The molecule has 1 fully saturated rings. The van der Waals surface area contributed by atoms with Gasteiger partial charge in [0.25, 0.3) is 17.4 Å². The number of aromatic amines is 1. The van der Waals surface area contributed by atoms with Crippen molar-refractivity contribution >= 4 is 11.8 Å². The quantitative estimate of drug-likeness (QED) is 0.138. The fourth-order valence-electron chi connectivity index (χ4n) is 3.78. The third-order valence-corrected chi connectivity index (χ3v) is 5.41. The normalized spacial score (nSPS) is 22.0. The number of rotatable bonds is 4. The molecule has 0 aliphatic carbocycles. The maximum atomic E-state index is 14.1. The lowest BCUT2D eigenvalue weighted by Gasteiger charge is -2.21. The van der Waals surface area contributed by atoms with E-state index in [4.69, 9.17) is 10.3 Å². The van der Waals surface area contributed by atoms with Gasteiger partial charge in [-0.25, -0.2) is 22.4 Å². The number of ether oxygens (including phenoxy) is 1. The first-order valence-electron chi connectivity index (χ1n) is 9.30. The zero-order valence-electron chi connectivity index (χ0n) is 16.5. The number of hydrogen-bond acceptors (Lipinski definition) is 6. The van der Waals surface area contributed by atoms with Crippen molar-refractivity contribution in [2.75, 3.05) is 6.54 Å². The standard InChI is InChI=1S/C18H12F4N6O5/c1-5-3-27(18(32)24-15(5)29)8-2-6(25-26-23)7(33-8)4-28-16(30)9-10(17(28)31)12(20)14(22)13(21)11(9)19/h3,6-8H,2,4H2,1H3,(H,24,29,32)/t6-,7+,8+/m0/s1. The molecule has 1 aromatic heterocycles. The number of carbonyl (C=O) groups excluding carboxylic acids is 2. The minimum Gasteiger partial charge on any atom is -0.352 e. The third kappa shape index (κ3) is 3.37. The van der Waals surface area contributed by atoms with Crippen molar-refractivity contribution in [1.82, 2.24) is 14.5 Å². The molecule has 15 heteroatoms. The highest BCUT2D eigenvalue weighted by Crippen LogP contribution is 2.35. The van der Waals surface area contributed by atoms with Crippen LogP contribution >= 0.6 is 0 Å². The summed E-state index contributed by atoms with van der Waals surface area (Å²) in [5.41, 5.74) is 4.99. The van der Waals surface area contributed by atoms with E-state index in [1.807, 2.05) is 0 Å². The Morgan fingerprint density at radius 1 is 1.09 bits per heavy atom. The van der Waals surface area contributed by atoms with Crippen LogP contribution in [0.1, 0.15) is 38.9 Å². The number of nitrogens with zero attached hydrogens (tertiary/aromatic N) is 5. The van der Waals surface area contributed by atoms with Crippen LogP contribution in [0.5, 0.6) is 0 Å². The van der Waals surface area contributed by atoms with Crippen LogP contribution in [0.4, 0.5) is 17.6 Å². The van der Waals surface area contributed by atoms with Gasteiger partial charge in [0, 0.05) is 23.1 Å². The summed E-state index contributed by atoms with van der Waals surface area (Å²) in [5.74, 6) is -11.4. The van der Waals surface area contributed by atoms with Gasteiger partial charge < -0.3 is 4.74 Å². The molecule has 0 unspecified atom stereocenters. The molecule has 3 atom stereocenters. The zero-order chi connectivity index (χ0) is 24.2. The van der Waals surface area contributed by atoms with Crippen LogP contribution in [0.2, 0.25) is 0 Å². The topological polar surface area (TPSA) is 150 Å². The second-order valence-electron chi connectivity index (χ2n) is 7.34. The number of azide groups is 1. The van der Waals surface area contributed by atoms with Gasteiger partial charge in [0.15, 0.2) is 23.3 Å². The third-order valence-electron chi connectivity index (χ3n) is 5.41. The van der Waals surface area contributed by atoms with Gasteiger partial charge in [0.1, 0.15) is 6.23 Å². The van der Waals surface area contributed by atoms with E-state index in [1.165, 1.54) is 13.1 Å². The minimum absolute atomic E-state index is 0.116. The van der Waals surface area contributed by atoms with Gasteiger partial charge in [0.05, 0.1) is 29.8 Å². The van der Waals surface area contributed by atoms with Crippen molar-refractivity contribution in [3.05, 3.63) is 77.4 Å². The van der Waals surface area contributed by atoms with E-state index >= 15 is 0 Å². The second-order valence-corrected chi connectivity index (χ2v) is 7.34. The lowest BCUT2D eigenvalue weighted by atomic mass is 10.1. The molecule has 3 heterocycles. The first kappa shape index (κ1) is 22.2. The van der Waals surface area contributed by atoms with E-state index in [0.29, 0.717) is 4.90 Å². The second kappa shape index (κ2) is 7.86. The van der Waals surface area contributed by atoms with Crippen molar-refractivity contribution in [2.24, 2.45) is 5.11 Å². The number of halogens is 4. The lowest BCUT2D eigenvalue weighted by molar-refractivity contribution is -0.0138. The Kier molecular flexibility index (Phi) is 5.30. The Labute approximate surface area is 179 Å². The molecule has 172 valence electrons. The highest BCUT2D eigenvalue weighted by molar-refractivity contribution is 6.21. The van der Waals surface area contributed by atoms with E-state index in [0.717, 1.165) is 4.57 Å².